The topological polar surface area (TPSA) is 79.4 Å². The molecule has 0 spiro atoms. The molecule has 0 aliphatic carbocycles. The largest absolute Gasteiger partial charge is 0.474 e. The molecule has 1 amide bonds. The number of aryl methyl sites for hydroxylation is 1. The van der Waals surface area contributed by atoms with Crippen molar-refractivity contribution in [3.8, 4) is 0 Å². The fourth-order valence-corrected chi connectivity index (χ4v) is 5.17. The summed E-state index contributed by atoms with van der Waals surface area (Å²) in [7, 11) is 4.00. The third-order valence-corrected chi connectivity index (χ3v) is 8.06. The molecule has 2 N–H and O–H groups in total. The van der Waals surface area contributed by atoms with E-state index in [4.69, 9.17) is 4.74 Å². The molecule has 0 aromatic carbocycles. The number of nitrogens with one attached hydrogen (secondary N) is 2. The maximum absolute atomic E-state index is 12.0. The molecule has 46 heavy (non-hydrogen) atoms. The quantitative estimate of drug-likeness (QED) is 0.0485. The summed E-state index contributed by atoms with van der Waals surface area (Å²) in [5.74, 6) is 0.917. The van der Waals surface area contributed by atoms with Crippen LogP contribution in [0.1, 0.15) is 86.3 Å². The van der Waals surface area contributed by atoms with Gasteiger partial charge in [-0.25, -0.2) is 0 Å². The number of thioether (sulfide) groups is 1. The molecule has 9 heteroatoms. The number of aromatic nitrogens is 2. The van der Waals surface area contributed by atoms with Gasteiger partial charge in [-0.1, -0.05) is 60.8 Å². The Morgan fingerprint density at radius 2 is 1.76 bits per heavy atom. The van der Waals surface area contributed by atoms with Crippen LogP contribution in [-0.2, 0) is 16.0 Å². The van der Waals surface area contributed by atoms with Crippen molar-refractivity contribution < 1.29 is 9.53 Å². The van der Waals surface area contributed by atoms with Crippen LogP contribution in [-0.4, -0.2) is 47.5 Å². The summed E-state index contributed by atoms with van der Waals surface area (Å²) >= 11 is 1.59. The Kier molecular flexibility index (Phi) is 17.3. The lowest BCUT2D eigenvalue weighted by Crippen LogP contribution is -2.32. The third kappa shape index (κ3) is 16.0. The van der Waals surface area contributed by atoms with E-state index in [2.05, 4.69) is 72.8 Å². The summed E-state index contributed by atoms with van der Waals surface area (Å²) < 4.78 is 5.87. The van der Waals surface area contributed by atoms with Crippen LogP contribution in [0, 0.1) is 0 Å². The predicted molar refractivity (Wildman–Crippen MR) is 202 cm³/mol. The van der Waals surface area contributed by atoms with Crippen molar-refractivity contribution in [1.29, 1.82) is 0 Å². The van der Waals surface area contributed by atoms with Crippen molar-refractivity contribution in [2.45, 2.75) is 98.6 Å². The zero-order valence-corrected chi connectivity index (χ0v) is 30.6. The van der Waals surface area contributed by atoms with E-state index in [0.717, 1.165) is 69.2 Å². The van der Waals surface area contributed by atoms with E-state index in [-0.39, 0.29) is 17.6 Å². The maximum Gasteiger partial charge on any atom is 0.229 e. The average Bonchev–Trinajstić information content (AvgIpc) is 2.96. The minimum Gasteiger partial charge on any atom is -0.474 e. The van der Waals surface area contributed by atoms with Crippen LogP contribution >= 0.6 is 11.8 Å². The SMILES string of the molecule is BC(=C)/C(=C\C(=C/C)CC(=C)N(C)C(=C)SC(=C)CCCCc1ccc(NC(=O)C/C(C)=C/C)nn1)C(C)NC(=C)OC(C)(C)C. The molecule has 1 aromatic rings. The lowest BCUT2D eigenvalue weighted by Gasteiger charge is -2.27. The molecule has 7 nitrogen and oxygen atoms in total. The summed E-state index contributed by atoms with van der Waals surface area (Å²) in [5, 5.41) is 15.4. The lowest BCUT2D eigenvalue weighted by atomic mass is 9.84. The highest BCUT2D eigenvalue weighted by molar-refractivity contribution is 8.06. The van der Waals surface area contributed by atoms with Crippen molar-refractivity contribution in [2.75, 3.05) is 12.4 Å². The lowest BCUT2D eigenvalue weighted by molar-refractivity contribution is -0.115. The minimum atomic E-state index is -0.324. The van der Waals surface area contributed by atoms with Crippen molar-refractivity contribution in [3.05, 3.63) is 113 Å². The van der Waals surface area contributed by atoms with Crippen LogP contribution in [0.2, 0.25) is 0 Å². The van der Waals surface area contributed by atoms with E-state index in [1.54, 1.807) is 17.8 Å². The summed E-state index contributed by atoms with van der Waals surface area (Å²) in [5.41, 5.74) is 5.71. The fourth-order valence-electron chi connectivity index (χ4n) is 4.32. The number of nitrogens with zero attached hydrogens (tertiary/aromatic N) is 3. The second-order valence-electron chi connectivity index (χ2n) is 12.6. The van der Waals surface area contributed by atoms with Gasteiger partial charge in [-0.05, 0) is 109 Å². The van der Waals surface area contributed by atoms with Crippen LogP contribution < -0.4 is 10.6 Å². The molecule has 1 rings (SSSR count). The monoisotopic (exact) mass is 645 g/mol. The Hall–Kier alpha value is -3.72. The fraction of sp³-hybridized carbons (Fsp3) is 0.432. The zero-order valence-electron chi connectivity index (χ0n) is 29.8. The van der Waals surface area contributed by atoms with Gasteiger partial charge in [0.1, 0.15) is 13.4 Å². The number of hydrogen-bond acceptors (Lipinski definition) is 7. The molecule has 1 heterocycles. The normalized spacial score (nSPS) is 13.0. The van der Waals surface area contributed by atoms with Gasteiger partial charge in [0.2, 0.25) is 5.91 Å². The van der Waals surface area contributed by atoms with E-state index in [0.29, 0.717) is 24.5 Å². The van der Waals surface area contributed by atoms with Crippen molar-refractivity contribution in [1.82, 2.24) is 20.4 Å². The Morgan fingerprint density at radius 1 is 1.09 bits per heavy atom. The van der Waals surface area contributed by atoms with Gasteiger partial charge in [0.05, 0.1) is 16.8 Å². The average molecular weight is 646 g/mol. The molecule has 0 bridgehead atoms. The first-order valence-electron chi connectivity index (χ1n) is 15.8. The molecule has 1 unspecified atom stereocenters. The second-order valence-corrected chi connectivity index (χ2v) is 13.8. The predicted octanol–water partition coefficient (Wildman–Crippen LogP) is 8.32. The highest BCUT2D eigenvalue weighted by Crippen LogP contribution is 2.32. The number of unbranched alkanes of at least 4 members (excludes halogenated alkanes) is 1. The molecular weight excluding hydrogens is 589 g/mol. The second kappa shape index (κ2) is 19.7. The van der Waals surface area contributed by atoms with E-state index < -0.39 is 0 Å². The molecule has 0 saturated carbocycles. The number of carbonyl (C=O) groups is 1. The number of allylic oxidation sites excluding steroid dienone is 5. The molecule has 0 saturated heterocycles. The number of anilines is 1. The first-order chi connectivity index (χ1) is 21.4. The van der Waals surface area contributed by atoms with Gasteiger partial charge in [-0.3, -0.25) is 4.79 Å². The molecule has 250 valence electrons. The van der Waals surface area contributed by atoms with Gasteiger partial charge in [0, 0.05) is 25.6 Å². The number of rotatable bonds is 20. The Balaban J connectivity index is 2.59. The van der Waals surface area contributed by atoms with Crippen LogP contribution in [0.15, 0.2) is 107 Å². The van der Waals surface area contributed by atoms with Crippen LogP contribution in [0.5, 0.6) is 0 Å². The molecule has 0 radical (unpaired) electrons. The van der Waals surface area contributed by atoms with Gasteiger partial charge in [-0.15, -0.1) is 11.7 Å². The summed E-state index contributed by atoms with van der Waals surface area (Å²) in [6.07, 6.45) is 10.8. The van der Waals surface area contributed by atoms with Crippen molar-refractivity contribution in [2.24, 2.45) is 0 Å². The smallest absolute Gasteiger partial charge is 0.229 e. The number of hydrogen-bond donors (Lipinski definition) is 2. The van der Waals surface area contributed by atoms with E-state index in [1.165, 1.54) is 0 Å². The molecule has 1 aromatic heterocycles. The number of ether oxygens (including phenoxy) is 1. The van der Waals surface area contributed by atoms with Gasteiger partial charge in [-0.2, -0.15) is 5.10 Å². The third-order valence-electron chi connectivity index (χ3n) is 7.05. The maximum atomic E-state index is 12.0. The first-order valence-corrected chi connectivity index (χ1v) is 16.6. The van der Waals surface area contributed by atoms with Gasteiger partial charge >= 0.3 is 0 Å². The number of amides is 1. The van der Waals surface area contributed by atoms with Gasteiger partial charge in [0.15, 0.2) is 11.7 Å². The van der Waals surface area contributed by atoms with Gasteiger partial charge in [0.25, 0.3) is 0 Å². The molecular formula is C37H56BN5O2S. The molecule has 0 fully saturated rings. The van der Waals surface area contributed by atoms with Crippen molar-refractivity contribution in [3.63, 3.8) is 0 Å². The van der Waals surface area contributed by atoms with Crippen LogP contribution in [0.25, 0.3) is 0 Å². The zero-order chi connectivity index (χ0) is 35.0. The van der Waals surface area contributed by atoms with E-state index >= 15 is 0 Å². The van der Waals surface area contributed by atoms with E-state index in [9.17, 15) is 4.79 Å². The van der Waals surface area contributed by atoms with Crippen molar-refractivity contribution >= 4 is 31.3 Å². The first kappa shape index (κ1) is 40.3. The molecule has 0 aliphatic rings. The summed E-state index contributed by atoms with van der Waals surface area (Å²) in [4.78, 5) is 15.1. The summed E-state index contributed by atoms with van der Waals surface area (Å²) in [6.45, 7) is 35.1. The standard InChI is InChI=1S/C37H56BN5O2S/c1-14-25(3)22-36(44)40-35-21-20-33(41-42-35)19-17-16-18-27(5)46-31(9)43(13)26(4)23-32(15-2)24-34(28(6)38)29(7)39-30(8)45-37(10,11)12/h14-15,20-21,24,29,39H,4-6,8-9,16-19,22-23,38H2,1-3,7,10-13H3,(H,40,42,44)/b25-14+,32-15-,34-24+. The van der Waals surface area contributed by atoms with Crippen LogP contribution in [0.3, 0.4) is 0 Å². The minimum absolute atomic E-state index is 0.0289. The molecule has 0 aliphatic heterocycles. The Labute approximate surface area is 284 Å². The van der Waals surface area contributed by atoms with E-state index in [1.807, 2.05) is 73.5 Å². The Morgan fingerprint density at radius 3 is 2.30 bits per heavy atom. The number of carbonyl (C=O) groups excluding carboxylic acids is 1. The Bertz CT molecular complexity index is 1350. The van der Waals surface area contributed by atoms with Gasteiger partial charge < -0.3 is 20.3 Å². The summed E-state index contributed by atoms with van der Waals surface area (Å²) in [6, 6.07) is 3.69. The highest BCUT2D eigenvalue weighted by atomic mass is 32.2. The van der Waals surface area contributed by atoms with Crippen LogP contribution in [0.4, 0.5) is 5.82 Å². The molecule has 1 atom stereocenters. The highest BCUT2D eigenvalue weighted by Gasteiger charge is 2.17.